The molecule has 0 saturated carbocycles. The number of rotatable bonds is 3. The summed E-state index contributed by atoms with van der Waals surface area (Å²) in [5.41, 5.74) is 3.21. The summed E-state index contributed by atoms with van der Waals surface area (Å²) in [6.07, 6.45) is 0.643. The lowest BCUT2D eigenvalue weighted by Crippen LogP contribution is -2.31. The van der Waals surface area contributed by atoms with Crippen molar-refractivity contribution in [1.82, 2.24) is 4.72 Å². The zero-order chi connectivity index (χ0) is 17.5. The Morgan fingerprint density at radius 3 is 2.46 bits per heavy atom. The Bertz CT molecular complexity index is 871. The Labute approximate surface area is 146 Å². The molecule has 1 heterocycles. The van der Waals surface area contributed by atoms with Gasteiger partial charge in [-0.25, -0.2) is 17.5 Å². The number of halogens is 1. The molecule has 0 radical (unpaired) electrons. The minimum atomic E-state index is -3.68. The number of benzene rings is 2. The van der Waals surface area contributed by atoms with Crippen molar-refractivity contribution >= 4 is 21.8 Å². The minimum Gasteiger partial charge on any atom is -0.207 e. The van der Waals surface area contributed by atoms with Crippen molar-refractivity contribution in [2.75, 3.05) is 5.75 Å². The minimum absolute atomic E-state index is 0.323. The van der Waals surface area contributed by atoms with E-state index in [0.717, 1.165) is 32.9 Å². The summed E-state index contributed by atoms with van der Waals surface area (Å²) in [5.74, 6) is 0.459. The van der Waals surface area contributed by atoms with E-state index >= 15 is 0 Å². The van der Waals surface area contributed by atoms with Crippen molar-refractivity contribution in [3.05, 3.63) is 58.4 Å². The molecule has 2 aromatic rings. The van der Waals surface area contributed by atoms with Gasteiger partial charge in [0.1, 0.15) is 5.82 Å². The monoisotopic (exact) mass is 365 g/mol. The molecule has 0 aliphatic carbocycles. The van der Waals surface area contributed by atoms with Gasteiger partial charge in [-0.3, -0.25) is 0 Å². The van der Waals surface area contributed by atoms with Crippen LogP contribution in [0.4, 0.5) is 4.39 Å². The van der Waals surface area contributed by atoms with Gasteiger partial charge in [0.2, 0.25) is 10.0 Å². The SMILES string of the molecule is Cc1cc(C)c(S(=O)(=O)N[C@H]2CCSc3ccc(F)cc32)c(C)c1. The molecule has 0 spiro atoms. The zero-order valence-electron chi connectivity index (χ0n) is 13.9. The van der Waals surface area contributed by atoms with Crippen molar-refractivity contribution < 1.29 is 12.8 Å². The van der Waals surface area contributed by atoms with Crippen molar-refractivity contribution in [3.63, 3.8) is 0 Å². The number of sulfonamides is 1. The first-order chi connectivity index (χ1) is 11.3. The molecule has 0 aromatic heterocycles. The molecule has 1 atom stereocenters. The molecule has 0 unspecified atom stereocenters. The van der Waals surface area contributed by atoms with E-state index < -0.39 is 16.1 Å². The van der Waals surface area contributed by atoms with E-state index in [1.807, 2.05) is 19.1 Å². The lowest BCUT2D eigenvalue weighted by atomic mass is 10.0. The third-order valence-electron chi connectivity index (χ3n) is 4.18. The fourth-order valence-electron chi connectivity index (χ4n) is 3.32. The van der Waals surface area contributed by atoms with E-state index in [9.17, 15) is 12.8 Å². The molecule has 2 aromatic carbocycles. The molecule has 1 aliphatic heterocycles. The summed E-state index contributed by atoms with van der Waals surface area (Å²) in [6.45, 7) is 5.55. The summed E-state index contributed by atoms with van der Waals surface area (Å²) in [6, 6.07) is 7.90. The van der Waals surface area contributed by atoms with E-state index in [-0.39, 0.29) is 5.82 Å². The van der Waals surface area contributed by atoms with Crippen molar-refractivity contribution in [1.29, 1.82) is 0 Å². The Balaban J connectivity index is 1.99. The van der Waals surface area contributed by atoms with E-state index in [0.29, 0.717) is 11.3 Å². The summed E-state index contributed by atoms with van der Waals surface area (Å²) < 4.78 is 42.3. The van der Waals surface area contributed by atoms with E-state index in [1.54, 1.807) is 31.7 Å². The van der Waals surface area contributed by atoms with Crippen LogP contribution in [0.2, 0.25) is 0 Å². The number of hydrogen-bond donors (Lipinski definition) is 1. The molecule has 6 heteroatoms. The van der Waals surface area contributed by atoms with Crippen LogP contribution in [0.5, 0.6) is 0 Å². The van der Waals surface area contributed by atoms with Gasteiger partial charge in [0.05, 0.1) is 4.90 Å². The van der Waals surface area contributed by atoms with Crippen LogP contribution in [-0.2, 0) is 10.0 Å². The first-order valence-corrected chi connectivity index (χ1v) is 10.3. The Kier molecular flexibility index (Phi) is 4.73. The van der Waals surface area contributed by atoms with Crippen LogP contribution in [-0.4, -0.2) is 14.2 Å². The van der Waals surface area contributed by atoms with E-state index in [1.165, 1.54) is 12.1 Å². The van der Waals surface area contributed by atoms with Gasteiger partial charge in [-0.15, -0.1) is 11.8 Å². The summed E-state index contributed by atoms with van der Waals surface area (Å²) in [4.78, 5) is 1.26. The van der Waals surface area contributed by atoms with Gasteiger partial charge in [-0.2, -0.15) is 0 Å². The predicted molar refractivity (Wildman–Crippen MR) is 95.5 cm³/mol. The normalized spacial score (nSPS) is 17.6. The molecule has 3 nitrogen and oxygen atoms in total. The average molecular weight is 365 g/mol. The first kappa shape index (κ1) is 17.5. The zero-order valence-corrected chi connectivity index (χ0v) is 15.5. The van der Waals surface area contributed by atoms with Gasteiger partial charge in [-0.05, 0) is 67.8 Å². The summed E-state index contributed by atoms with van der Waals surface area (Å²) in [7, 11) is -3.68. The molecule has 128 valence electrons. The number of aryl methyl sites for hydroxylation is 3. The van der Waals surface area contributed by atoms with Crippen LogP contribution in [0.25, 0.3) is 0 Å². The summed E-state index contributed by atoms with van der Waals surface area (Å²) >= 11 is 1.63. The average Bonchev–Trinajstić information content (AvgIpc) is 2.46. The van der Waals surface area contributed by atoms with Gasteiger partial charge in [0.15, 0.2) is 0 Å². The van der Waals surface area contributed by atoms with Gasteiger partial charge in [0, 0.05) is 10.9 Å². The Morgan fingerprint density at radius 1 is 1.12 bits per heavy atom. The fourth-order valence-corrected chi connectivity index (χ4v) is 6.13. The van der Waals surface area contributed by atoms with Gasteiger partial charge >= 0.3 is 0 Å². The van der Waals surface area contributed by atoms with Gasteiger partial charge in [-0.1, -0.05) is 17.7 Å². The molecule has 1 aliphatic rings. The van der Waals surface area contributed by atoms with Crippen LogP contribution in [0.15, 0.2) is 40.1 Å². The number of thioether (sulfide) groups is 1. The number of fused-ring (bicyclic) bond motifs is 1. The second kappa shape index (κ2) is 6.50. The highest BCUT2D eigenvalue weighted by Crippen LogP contribution is 2.37. The second-order valence-corrected chi connectivity index (χ2v) is 9.01. The molecular formula is C18H20FNO2S2. The number of hydrogen-bond acceptors (Lipinski definition) is 3. The van der Waals surface area contributed by atoms with Crippen molar-refractivity contribution in [2.24, 2.45) is 0 Å². The molecule has 0 fully saturated rings. The third kappa shape index (κ3) is 3.36. The maximum atomic E-state index is 13.6. The molecule has 3 rings (SSSR count). The van der Waals surface area contributed by atoms with Crippen molar-refractivity contribution in [2.45, 2.75) is 43.0 Å². The van der Waals surface area contributed by atoms with Crippen LogP contribution < -0.4 is 4.72 Å². The third-order valence-corrected chi connectivity index (χ3v) is 7.08. The van der Waals surface area contributed by atoms with Gasteiger partial charge < -0.3 is 0 Å². The molecule has 24 heavy (non-hydrogen) atoms. The number of nitrogens with one attached hydrogen (secondary N) is 1. The smallest absolute Gasteiger partial charge is 0.207 e. The van der Waals surface area contributed by atoms with Crippen LogP contribution in [0, 0.1) is 26.6 Å². The summed E-state index contributed by atoms with van der Waals surface area (Å²) in [5, 5.41) is 0. The predicted octanol–water partition coefficient (Wildman–Crippen LogP) is 4.27. The highest BCUT2D eigenvalue weighted by atomic mass is 32.2. The molecule has 0 saturated heterocycles. The van der Waals surface area contributed by atoms with Gasteiger partial charge in [0.25, 0.3) is 0 Å². The van der Waals surface area contributed by atoms with Crippen LogP contribution in [0.3, 0.4) is 0 Å². The highest BCUT2D eigenvalue weighted by molar-refractivity contribution is 7.99. The van der Waals surface area contributed by atoms with Crippen LogP contribution >= 0.6 is 11.8 Å². The first-order valence-electron chi connectivity index (χ1n) is 7.80. The largest absolute Gasteiger partial charge is 0.241 e. The Hall–Kier alpha value is -1.37. The molecule has 1 N–H and O–H groups in total. The molecule has 0 bridgehead atoms. The lowest BCUT2D eigenvalue weighted by Gasteiger charge is -2.26. The second-order valence-electron chi connectivity index (χ2n) is 6.22. The quantitative estimate of drug-likeness (QED) is 0.884. The highest BCUT2D eigenvalue weighted by Gasteiger charge is 2.28. The van der Waals surface area contributed by atoms with E-state index in [4.69, 9.17) is 0 Å². The fraction of sp³-hybridized carbons (Fsp3) is 0.333. The molecular weight excluding hydrogens is 345 g/mol. The Morgan fingerprint density at radius 2 is 1.79 bits per heavy atom. The van der Waals surface area contributed by atoms with E-state index in [2.05, 4.69) is 4.72 Å². The van der Waals surface area contributed by atoms with Crippen LogP contribution in [0.1, 0.15) is 34.7 Å². The lowest BCUT2D eigenvalue weighted by molar-refractivity contribution is 0.540. The maximum Gasteiger partial charge on any atom is 0.241 e. The topological polar surface area (TPSA) is 46.2 Å². The standard InChI is InChI=1S/C18H20FNO2S2/c1-11-8-12(2)18(13(3)9-11)24(21,22)20-16-6-7-23-17-5-4-14(19)10-15(16)17/h4-5,8-10,16,20H,6-7H2,1-3H3/t16-/m0/s1. The molecule has 0 amide bonds. The van der Waals surface area contributed by atoms with Crippen molar-refractivity contribution in [3.8, 4) is 0 Å². The maximum absolute atomic E-state index is 13.6.